The second kappa shape index (κ2) is 8.10. The first-order valence-corrected chi connectivity index (χ1v) is 10.1. The van der Waals surface area contributed by atoms with Crippen LogP contribution >= 0.6 is 0 Å². The Morgan fingerprint density at radius 1 is 0.931 bits per heavy atom. The maximum Gasteiger partial charge on any atom is 0.137 e. The molecule has 4 rings (SSSR count). The number of benzene rings is 2. The lowest BCUT2D eigenvalue weighted by Crippen LogP contribution is -2.30. The number of hydrogen-bond acceptors (Lipinski definition) is 3. The van der Waals surface area contributed by atoms with Crippen LogP contribution in [0.25, 0.3) is 16.9 Å². The predicted molar refractivity (Wildman–Crippen MR) is 121 cm³/mol. The number of pyridine rings is 1. The van der Waals surface area contributed by atoms with Gasteiger partial charge in [0, 0.05) is 36.6 Å². The highest BCUT2D eigenvalue weighted by atomic mass is 15.2. The van der Waals surface area contributed by atoms with E-state index in [-0.39, 0.29) is 0 Å². The summed E-state index contributed by atoms with van der Waals surface area (Å²) in [5.74, 6) is 0. The van der Waals surface area contributed by atoms with E-state index < -0.39 is 0 Å². The Morgan fingerprint density at radius 2 is 1.66 bits per heavy atom. The number of aromatic nitrogens is 2. The average molecular weight is 385 g/mol. The minimum atomic E-state index is 0.396. The van der Waals surface area contributed by atoms with Gasteiger partial charge in [0.15, 0.2) is 0 Å². The molecule has 0 bridgehead atoms. The summed E-state index contributed by atoms with van der Waals surface area (Å²) in [5, 5.41) is 0. The van der Waals surface area contributed by atoms with Crippen LogP contribution in [0.2, 0.25) is 0 Å². The molecule has 2 heterocycles. The molecule has 0 aliphatic heterocycles. The Kier molecular flexibility index (Phi) is 5.36. The molecular formula is C25H28N4. The molecular weight excluding hydrogens is 356 g/mol. The van der Waals surface area contributed by atoms with Crippen LogP contribution in [0.5, 0.6) is 0 Å². The number of nitrogens with two attached hydrogens (primary N) is 1. The van der Waals surface area contributed by atoms with Crippen LogP contribution < -0.4 is 5.73 Å². The highest BCUT2D eigenvalue weighted by Gasteiger charge is 2.19. The van der Waals surface area contributed by atoms with Crippen molar-refractivity contribution in [1.82, 2.24) is 14.3 Å². The maximum absolute atomic E-state index is 6.11. The molecule has 2 N–H and O–H groups in total. The van der Waals surface area contributed by atoms with Gasteiger partial charge in [0.05, 0.1) is 11.4 Å². The maximum atomic E-state index is 6.11. The molecule has 0 aliphatic carbocycles. The monoisotopic (exact) mass is 384 g/mol. The number of fused-ring (bicyclic) bond motifs is 1. The summed E-state index contributed by atoms with van der Waals surface area (Å²) in [7, 11) is 0. The lowest BCUT2D eigenvalue weighted by Gasteiger charge is -2.27. The van der Waals surface area contributed by atoms with Crippen LogP contribution in [0.3, 0.4) is 0 Å². The van der Waals surface area contributed by atoms with E-state index in [4.69, 9.17) is 10.7 Å². The van der Waals surface area contributed by atoms with Gasteiger partial charge in [-0.3, -0.25) is 4.90 Å². The number of rotatable bonds is 6. The molecule has 29 heavy (non-hydrogen) atoms. The molecule has 4 aromatic rings. The van der Waals surface area contributed by atoms with Crippen molar-refractivity contribution in [3.8, 4) is 11.3 Å². The number of nitrogens with zero attached hydrogens (tertiary/aromatic N) is 3. The number of hydrogen-bond donors (Lipinski definition) is 1. The fourth-order valence-corrected chi connectivity index (χ4v) is 3.63. The van der Waals surface area contributed by atoms with Crippen molar-refractivity contribution >= 4 is 11.3 Å². The average Bonchev–Trinajstić information content (AvgIpc) is 3.06. The Bertz CT molecular complexity index is 1100. The van der Waals surface area contributed by atoms with Gasteiger partial charge in [-0.05, 0) is 38.5 Å². The molecule has 2 aromatic carbocycles. The molecule has 4 nitrogen and oxygen atoms in total. The van der Waals surface area contributed by atoms with Gasteiger partial charge < -0.3 is 10.1 Å². The molecule has 0 atom stereocenters. The van der Waals surface area contributed by atoms with Crippen LogP contribution in [0, 0.1) is 6.92 Å². The van der Waals surface area contributed by atoms with E-state index in [1.807, 2.05) is 18.3 Å². The highest BCUT2D eigenvalue weighted by Crippen LogP contribution is 2.28. The van der Waals surface area contributed by atoms with Gasteiger partial charge in [-0.15, -0.1) is 0 Å². The van der Waals surface area contributed by atoms with Crippen molar-refractivity contribution in [2.75, 3.05) is 5.73 Å². The topological polar surface area (TPSA) is 46.6 Å². The van der Waals surface area contributed by atoms with E-state index in [0.29, 0.717) is 6.04 Å². The van der Waals surface area contributed by atoms with Crippen LogP contribution in [0.4, 0.5) is 5.69 Å². The summed E-state index contributed by atoms with van der Waals surface area (Å²) in [5.41, 5.74) is 13.7. The molecule has 0 saturated carbocycles. The van der Waals surface area contributed by atoms with Gasteiger partial charge in [-0.1, -0.05) is 60.2 Å². The Hall–Kier alpha value is -3.11. The van der Waals surface area contributed by atoms with Crippen molar-refractivity contribution in [3.05, 3.63) is 89.7 Å². The van der Waals surface area contributed by atoms with E-state index in [1.165, 1.54) is 16.8 Å². The largest absolute Gasteiger partial charge is 0.398 e. The second-order valence-electron chi connectivity index (χ2n) is 7.95. The van der Waals surface area contributed by atoms with Crippen molar-refractivity contribution in [1.29, 1.82) is 0 Å². The van der Waals surface area contributed by atoms with Crippen LogP contribution in [0.1, 0.15) is 30.7 Å². The van der Waals surface area contributed by atoms with Crippen molar-refractivity contribution in [2.24, 2.45) is 0 Å². The quantitative estimate of drug-likeness (QED) is 0.490. The van der Waals surface area contributed by atoms with Gasteiger partial charge in [0.1, 0.15) is 5.65 Å². The lowest BCUT2D eigenvalue weighted by molar-refractivity contribution is 0.201. The molecule has 148 valence electrons. The summed E-state index contributed by atoms with van der Waals surface area (Å²) in [6, 6.07) is 23.5. The van der Waals surface area contributed by atoms with E-state index in [1.54, 1.807) is 0 Å². The van der Waals surface area contributed by atoms with Gasteiger partial charge >= 0.3 is 0 Å². The molecule has 2 aromatic heterocycles. The van der Waals surface area contributed by atoms with Crippen LogP contribution in [-0.4, -0.2) is 20.3 Å². The summed E-state index contributed by atoms with van der Waals surface area (Å²) in [6.07, 6.45) is 1.98. The Labute approximate surface area is 172 Å². The summed E-state index contributed by atoms with van der Waals surface area (Å²) in [4.78, 5) is 7.43. The van der Waals surface area contributed by atoms with Gasteiger partial charge in [0.2, 0.25) is 0 Å². The normalized spacial score (nSPS) is 11.6. The molecule has 0 radical (unpaired) electrons. The predicted octanol–water partition coefficient (Wildman–Crippen LogP) is 5.30. The minimum absolute atomic E-state index is 0.396. The zero-order valence-corrected chi connectivity index (χ0v) is 17.3. The molecule has 0 aliphatic rings. The molecule has 0 fully saturated rings. The fourth-order valence-electron chi connectivity index (χ4n) is 3.63. The van der Waals surface area contributed by atoms with E-state index in [2.05, 4.69) is 84.7 Å². The van der Waals surface area contributed by atoms with Gasteiger partial charge in [0.25, 0.3) is 0 Å². The molecule has 0 unspecified atom stereocenters. The Balaban J connectivity index is 1.78. The first-order valence-electron chi connectivity index (χ1n) is 10.1. The highest BCUT2D eigenvalue weighted by molar-refractivity contribution is 5.67. The first-order chi connectivity index (χ1) is 14.0. The minimum Gasteiger partial charge on any atom is -0.398 e. The molecule has 0 spiro atoms. The zero-order valence-electron chi connectivity index (χ0n) is 17.3. The van der Waals surface area contributed by atoms with E-state index >= 15 is 0 Å². The first kappa shape index (κ1) is 19.2. The molecule has 0 amide bonds. The standard InChI is InChI=1S/C25H28N4/c1-18(2)28(15-20-7-5-4-6-8-20)17-23-25(21-11-9-19(3)10-12-21)27-24-14-13-22(26)16-29(23)24/h4-14,16,18H,15,17,26H2,1-3H3. The lowest BCUT2D eigenvalue weighted by atomic mass is 10.1. The number of aryl methyl sites for hydroxylation is 1. The van der Waals surface area contributed by atoms with Gasteiger partial charge in [-0.2, -0.15) is 0 Å². The third kappa shape index (κ3) is 4.17. The van der Waals surface area contributed by atoms with Crippen LogP contribution in [-0.2, 0) is 13.1 Å². The van der Waals surface area contributed by atoms with Crippen molar-refractivity contribution < 1.29 is 0 Å². The zero-order chi connectivity index (χ0) is 20.4. The van der Waals surface area contributed by atoms with Gasteiger partial charge in [-0.25, -0.2) is 4.98 Å². The molecule has 0 saturated heterocycles. The molecule has 4 heteroatoms. The summed E-state index contributed by atoms with van der Waals surface area (Å²) < 4.78 is 2.14. The third-order valence-electron chi connectivity index (χ3n) is 5.38. The summed E-state index contributed by atoms with van der Waals surface area (Å²) >= 11 is 0. The van der Waals surface area contributed by atoms with Crippen LogP contribution in [0.15, 0.2) is 72.9 Å². The van der Waals surface area contributed by atoms with E-state index in [9.17, 15) is 0 Å². The second-order valence-corrected chi connectivity index (χ2v) is 7.95. The number of imidazole rings is 1. The van der Waals surface area contributed by atoms with Crippen molar-refractivity contribution in [3.63, 3.8) is 0 Å². The summed E-state index contributed by atoms with van der Waals surface area (Å²) in [6.45, 7) is 8.27. The fraction of sp³-hybridized carbons (Fsp3) is 0.240. The van der Waals surface area contributed by atoms with E-state index in [0.717, 1.165) is 35.7 Å². The Morgan fingerprint density at radius 3 is 2.34 bits per heavy atom. The number of anilines is 1. The number of nitrogen functional groups attached to an aromatic ring is 1. The smallest absolute Gasteiger partial charge is 0.137 e. The SMILES string of the molecule is Cc1ccc(-c2nc3ccc(N)cn3c2CN(Cc2ccccc2)C(C)C)cc1. The van der Waals surface area contributed by atoms with Crippen molar-refractivity contribution in [2.45, 2.75) is 39.9 Å². The third-order valence-corrected chi connectivity index (χ3v) is 5.38.